The molecule has 1 aliphatic rings. The van der Waals surface area contributed by atoms with Gasteiger partial charge in [0.2, 0.25) is 0 Å². The molecule has 0 saturated heterocycles. The van der Waals surface area contributed by atoms with Crippen molar-refractivity contribution >= 4 is 16.9 Å². The number of amides is 1. The third-order valence-electron chi connectivity index (χ3n) is 5.70. The Hall–Kier alpha value is -2.66. The molecule has 1 aliphatic carbocycles. The molecule has 2 atom stereocenters. The van der Waals surface area contributed by atoms with Crippen LogP contribution < -0.4 is 5.32 Å². The SMILES string of the molecule is Cc1ccc(Cc2cc(C(=O)N[C@H]3CCCC[C@@H]3O)nc3ccn(C)c23)cc1. The van der Waals surface area contributed by atoms with Crippen molar-refractivity contribution in [2.45, 2.75) is 51.2 Å². The van der Waals surface area contributed by atoms with Crippen LogP contribution in [0.15, 0.2) is 42.6 Å². The maximum Gasteiger partial charge on any atom is 0.270 e. The molecule has 0 aliphatic heterocycles. The van der Waals surface area contributed by atoms with Gasteiger partial charge in [-0.15, -0.1) is 0 Å². The highest BCUT2D eigenvalue weighted by Crippen LogP contribution is 2.23. The zero-order valence-electron chi connectivity index (χ0n) is 16.5. The Labute approximate surface area is 165 Å². The van der Waals surface area contributed by atoms with Gasteiger partial charge in [-0.3, -0.25) is 4.79 Å². The zero-order valence-corrected chi connectivity index (χ0v) is 16.5. The van der Waals surface area contributed by atoms with Crippen LogP contribution in [-0.4, -0.2) is 32.7 Å². The number of aromatic nitrogens is 2. The lowest BCUT2D eigenvalue weighted by Gasteiger charge is -2.28. The average molecular weight is 377 g/mol. The fourth-order valence-electron chi connectivity index (χ4n) is 4.09. The molecule has 2 heterocycles. The van der Waals surface area contributed by atoms with E-state index < -0.39 is 6.10 Å². The van der Waals surface area contributed by atoms with Crippen molar-refractivity contribution in [1.82, 2.24) is 14.9 Å². The van der Waals surface area contributed by atoms with Crippen LogP contribution in [-0.2, 0) is 13.5 Å². The van der Waals surface area contributed by atoms with Crippen molar-refractivity contribution in [3.05, 3.63) is 65.0 Å². The molecule has 1 aromatic carbocycles. The minimum atomic E-state index is -0.467. The zero-order chi connectivity index (χ0) is 19.7. The second-order valence-corrected chi connectivity index (χ2v) is 7.92. The summed E-state index contributed by atoms with van der Waals surface area (Å²) in [5.41, 5.74) is 5.80. The highest BCUT2D eigenvalue weighted by atomic mass is 16.3. The van der Waals surface area contributed by atoms with Crippen LogP contribution in [0, 0.1) is 6.92 Å². The minimum Gasteiger partial charge on any atom is -0.391 e. The van der Waals surface area contributed by atoms with Crippen molar-refractivity contribution in [3.8, 4) is 0 Å². The smallest absolute Gasteiger partial charge is 0.270 e. The van der Waals surface area contributed by atoms with Gasteiger partial charge in [0.1, 0.15) is 5.69 Å². The Balaban J connectivity index is 1.65. The Morgan fingerprint density at radius 3 is 2.71 bits per heavy atom. The molecular formula is C23H27N3O2. The number of fused-ring (bicyclic) bond motifs is 1. The normalized spacial score (nSPS) is 19.7. The molecule has 3 aromatic rings. The van der Waals surface area contributed by atoms with E-state index in [9.17, 15) is 9.90 Å². The maximum absolute atomic E-state index is 12.9. The van der Waals surface area contributed by atoms with Crippen LogP contribution in [0.4, 0.5) is 0 Å². The summed E-state index contributed by atoms with van der Waals surface area (Å²) in [4.78, 5) is 17.5. The van der Waals surface area contributed by atoms with Crippen LogP contribution >= 0.6 is 0 Å². The molecular weight excluding hydrogens is 350 g/mol. The summed E-state index contributed by atoms with van der Waals surface area (Å²) in [6, 6.07) is 12.1. The largest absolute Gasteiger partial charge is 0.391 e. The molecule has 0 spiro atoms. The molecule has 1 fully saturated rings. The maximum atomic E-state index is 12.9. The summed E-state index contributed by atoms with van der Waals surface area (Å²) in [5, 5.41) is 13.2. The second kappa shape index (κ2) is 7.76. The number of hydrogen-bond acceptors (Lipinski definition) is 3. The number of benzene rings is 1. The number of hydrogen-bond donors (Lipinski definition) is 2. The summed E-state index contributed by atoms with van der Waals surface area (Å²) in [6.45, 7) is 2.08. The van der Waals surface area contributed by atoms with Gasteiger partial charge in [-0.2, -0.15) is 0 Å². The molecule has 1 saturated carbocycles. The van der Waals surface area contributed by atoms with Crippen molar-refractivity contribution in [3.63, 3.8) is 0 Å². The van der Waals surface area contributed by atoms with Crippen LogP contribution in [0.25, 0.3) is 11.0 Å². The Kier molecular flexibility index (Phi) is 5.18. The minimum absolute atomic E-state index is 0.185. The van der Waals surface area contributed by atoms with Gasteiger partial charge in [0, 0.05) is 13.2 Å². The van der Waals surface area contributed by atoms with Crippen LogP contribution in [0.2, 0.25) is 0 Å². The molecule has 1 amide bonds. The lowest BCUT2D eigenvalue weighted by molar-refractivity contribution is 0.0714. The third kappa shape index (κ3) is 3.80. The second-order valence-electron chi connectivity index (χ2n) is 7.92. The molecule has 2 N–H and O–H groups in total. The quantitative estimate of drug-likeness (QED) is 0.731. The standard InChI is InChI=1S/C23H27N3O2/c1-15-7-9-16(10-8-15)13-17-14-20(24-19-11-12-26(2)22(17)19)23(28)25-18-5-3-4-6-21(18)27/h7-12,14,18,21,27H,3-6,13H2,1-2H3,(H,25,28)/t18-,21-/m0/s1. The van der Waals surface area contributed by atoms with E-state index in [1.165, 1.54) is 11.1 Å². The predicted octanol–water partition coefficient (Wildman–Crippen LogP) is 3.51. The summed E-state index contributed by atoms with van der Waals surface area (Å²) in [6.07, 6.45) is 5.86. The summed E-state index contributed by atoms with van der Waals surface area (Å²) in [5.74, 6) is -0.207. The Morgan fingerprint density at radius 1 is 1.21 bits per heavy atom. The fraction of sp³-hybridized carbons (Fsp3) is 0.391. The van der Waals surface area contributed by atoms with E-state index in [2.05, 4.69) is 46.1 Å². The number of rotatable bonds is 4. The number of nitrogens with zero attached hydrogens (tertiary/aromatic N) is 2. The molecule has 4 rings (SSSR count). The van der Waals surface area contributed by atoms with Crippen LogP contribution in [0.3, 0.4) is 0 Å². The number of carbonyl (C=O) groups excluding carboxylic acids is 1. The first-order valence-corrected chi connectivity index (χ1v) is 10.0. The molecule has 0 radical (unpaired) electrons. The molecule has 28 heavy (non-hydrogen) atoms. The van der Waals surface area contributed by atoms with Gasteiger partial charge in [-0.1, -0.05) is 42.7 Å². The number of pyridine rings is 1. The number of aliphatic hydroxyl groups is 1. The van der Waals surface area contributed by atoms with E-state index in [-0.39, 0.29) is 11.9 Å². The first-order chi connectivity index (χ1) is 13.5. The van der Waals surface area contributed by atoms with Gasteiger partial charge in [-0.25, -0.2) is 4.98 Å². The van der Waals surface area contributed by atoms with Crippen molar-refractivity contribution in [2.75, 3.05) is 0 Å². The molecule has 0 bridgehead atoms. The van der Waals surface area contributed by atoms with Crippen LogP contribution in [0.1, 0.15) is 52.9 Å². The predicted molar refractivity (Wildman–Crippen MR) is 110 cm³/mol. The van der Waals surface area contributed by atoms with Gasteiger partial charge >= 0.3 is 0 Å². The number of nitrogens with one attached hydrogen (secondary N) is 1. The van der Waals surface area contributed by atoms with E-state index in [1.54, 1.807) is 0 Å². The van der Waals surface area contributed by atoms with Gasteiger partial charge in [-0.05, 0) is 49.4 Å². The molecule has 5 heteroatoms. The first-order valence-electron chi connectivity index (χ1n) is 10.0. The van der Waals surface area contributed by atoms with Crippen LogP contribution in [0.5, 0.6) is 0 Å². The Bertz CT molecular complexity index is 991. The van der Waals surface area contributed by atoms with E-state index in [0.29, 0.717) is 5.69 Å². The first kappa shape index (κ1) is 18.7. The number of aryl methyl sites for hydroxylation is 2. The van der Waals surface area contributed by atoms with Gasteiger partial charge in [0.15, 0.2) is 0 Å². The number of carbonyl (C=O) groups is 1. The van der Waals surface area contributed by atoms with Gasteiger partial charge in [0.25, 0.3) is 5.91 Å². The molecule has 2 aromatic heterocycles. The number of aliphatic hydroxyl groups excluding tert-OH is 1. The molecule has 5 nitrogen and oxygen atoms in total. The van der Waals surface area contributed by atoms with Gasteiger partial charge in [0.05, 0.1) is 23.2 Å². The lowest BCUT2D eigenvalue weighted by atomic mass is 9.92. The molecule has 0 unspecified atom stereocenters. The summed E-state index contributed by atoms with van der Waals surface area (Å²) < 4.78 is 2.05. The van der Waals surface area contributed by atoms with E-state index in [0.717, 1.165) is 48.7 Å². The van der Waals surface area contributed by atoms with E-state index >= 15 is 0 Å². The average Bonchev–Trinajstić information content (AvgIpc) is 3.06. The van der Waals surface area contributed by atoms with Gasteiger partial charge < -0.3 is 15.0 Å². The van der Waals surface area contributed by atoms with Crippen molar-refractivity contribution < 1.29 is 9.90 Å². The van der Waals surface area contributed by atoms with Crippen molar-refractivity contribution in [1.29, 1.82) is 0 Å². The fourth-order valence-corrected chi connectivity index (χ4v) is 4.09. The molecule has 146 valence electrons. The Morgan fingerprint density at radius 2 is 1.96 bits per heavy atom. The monoisotopic (exact) mass is 377 g/mol. The lowest BCUT2D eigenvalue weighted by Crippen LogP contribution is -2.45. The third-order valence-corrected chi connectivity index (χ3v) is 5.70. The summed E-state index contributed by atoms with van der Waals surface area (Å²) >= 11 is 0. The highest BCUT2D eigenvalue weighted by Gasteiger charge is 2.25. The van der Waals surface area contributed by atoms with E-state index in [1.807, 2.05) is 25.4 Å². The van der Waals surface area contributed by atoms with Crippen molar-refractivity contribution in [2.24, 2.45) is 7.05 Å². The van der Waals surface area contributed by atoms with E-state index in [4.69, 9.17) is 0 Å². The summed E-state index contributed by atoms with van der Waals surface area (Å²) in [7, 11) is 2.00. The highest BCUT2D eigenvalue weighted by molar-refractivity contribution is 5.95. The topological polar surface area (TPSA) is 67.2 Å².